The van der Waals surface area contributed by atoms with Crippen LogP contribution in [0.2, 0.25) is 0 Å². The molecule has 0 spiro atoms. The molecule has 110 valence electrons. The Bertz CT molecular complexity index is 314. The summed E-state index contributed by atoms with van der Waals surface area (Å²) in [7, 11) is 0. The second-order valence-electron chi connectivity index (χ2n) is 5.61. The summed E-state index contributed by atoms with van der Waals surface area (Å²) in [5.74, 6) is 0.247. The number of nitrogens with two attached hydrogens (primary N) is 1. The highest BCUT2D eigenvalue weighted by Crippen LogP contribution is 2.14. The maximum atomic E-state index is 12.5. The van der Waals surface area contributed by atoms with E-state index in [-0.39, 0.29) is 11.9 Å². The van der Waals surface area contributed by atoms with E-state index in [1.165, 1.54) is 6.42 Å². The van der Waals surface area contributed by atoms with Gasteiger partial charge in [-0.1, -0.05) is 12.2 Å². The average Bonchev–Trinajstić information content (AvgIpc) is 2.38. The summed E-state index contributed by atoms with van der Waals surface area (Å²) in [5.41, 5.74) is 5.57. The summed E-state index contributed by atoms with van der Waals surface area (Å²) in [4.78, 5) is 17.2. The molecule has 0 aromatic rings. The Morgan fingerprint density at radius 3 is 2.32 bits per heavy atom. The van der Waals surface area contributed by atoms with Gasteiger partial charge in [0.2, 0.25) is 5.91 Å². The third-order valence-corrected chi connectivity index (χ3v) is 4.01. The zero-order valence-electron chi connectivity index (χ0n) is 12.4. The van der Waals surface area contributed by atoms with E-state index in [2.05, 4.69) is 18.7 Å². The third kappa shape index (κ3) is 5.07. The first-order valence-electron chi connectivity index (χ1n) is 7.26. The van der Waals surface area contributed by atoms with Crippen LogP contribution in [0.3, 0.4) is 0 Å². The number of carbonyl (C=O) groups excluding carboxylic acids is 1. The largest absolute Gasteiger partial charge is 0.393 e. The van der Waals surface area contributed by atoms with Gasteiger partial charge in [0.05, 0.1) is 11.0 Å². The zero-order chi connectivity index (χ0) is 14.4. The lowest BCUT2D eigenvalue weighted by atomic mass is 10.1. The van der Waals surface area contributed by atoms with Crippen LogP contribution < -0.4 is 5.73 Å². The van der Waals surface area contributed by atoms with Gasteiger partial charge in [-0.05, 0) is 40.0 Å². The Balaban J connectivity index is 2.61. The molecule has 4 nitrogen and oxygen atoms in total. The van der Waals surface area contributed by atoms with Gasteiger partial charge in [0.25, 0.3) is 0 Å². The second-order valence-corrected chi connectivity index (χ2v) is 6.13. The first kappa shape index (κ1) is 16.4. The summed E-state index contributed by atoms with van der Waals surface area (Å²) in [5, 5.41) is 0. The van der Waals surface area contributed by atoms with Crippen LogP contribution in [-0.4, -0.2) is 52.4 Å². The van der Waals surface area contributed by atoms with Crippen LogP contribution in [0.25, 0.3) is 0 Å². The molecular weight excluding hydrogens is 258 g/mol. The smallest absolute Gasteiger partial charge is 0.239 e. The van der Waals surface area contributed by atoms with Crippen molar-refractivity contribution in [3.63, 3.8) is 0 Å². The van der Waals surface area contributed by atoms with Gasteiger partial charge in [0, 0.05) is 32.1 Å². The summed E-state index contributed by atoms with van der Waals surface area (Å²) in [6.07, 6.45) is 4.18. The van der Waals surface area contributed by atoms with Crippen LogP contribution in [0.15, 0.2) is 0 Å². The minimum Gasteiger partial charge on any atom is -0.393 e. The van der Waals surface area contributed by atoms with E-state index in [4.69, 9.17) is 18.0 Å². The SMILES string of the molecule is CC(C)N(CCC(N)=S)C(C)C(=O)N1CCCCC1. The van der Waals surface area contributed by atoms with Crippen molar-refractivity contribution in [1.82, 2.24) is 9.80 Å². The molecule has 0 radical (unpaired) electrons. The van der Waals surface area contributed by atoms with Crippen molar-refractivity contribution >= 4 is 23.1 Å². The molecule has 0 bridgehead atoms. The molecule has 0 aliphatic carbocycles. The van der Waals surface area contributed by atoms with E-state index in [1.807, 2.05) is 11.8 Å². The number of piperidine rings is 1. The van der Waals surface area contributed by atoms with E-state index < -0.39 is 0 Å². The fraction of sp³-hybridized carbons (Fsp3) is 0.857. The predicted molar refractivity (Wildman–Crippen MR) is 83.1 cm³/mol. The summed E-state index contributed by atoms with van der Waals surface area (Å²) < 4.78 is 0. The minimum absolute atomic E-state index is 0.0903. The summed E-state index contributed by atoms with van der Waals surface area (Å²) >= 11 is 4.93. The molecule has 1 rings (SSSR count). The number of hydrogen-bond acceptors (Lipinski definition) is 3. The van der Waals surface area contributed by atoms with Crippen LogP contribution in [0.1, 0.15) is 46.5 Å². The zero-order valence-corrected chi connectivity index (χ0v) is 13.2. The highest BCUT2D eigenvalue weighted by Gasteiger charge is 2.28. The van der Waals surface area contributed by atoms with Crippen LogP contribution in [0.4, 0.5) is 0 Å². The van der Waals surface area contributed by atoms with Crippen molar-refractivity contribution in [3.05, 3.63) is 0 Å². The van der Waals surface area contributed by atoms with Crippen LogP contribution >= 0.6 is 12.2 Å². The van der Waals surface area contributed by atoms with Crippen LogP contribution in [0, 0.1) is 0 Å². The van der Waals surface area contributed by atoms with E-state index in [0.29, 0.717) is 17.5 Å². The Kier molecular flexibility index (Phi) is 6.72. The van der Waals surface area contributed by atoms with Gasteiger partial charge in [0.15, 0.2) is 0 Å². The van der Waals surface area contributed by atoms with Crippen molar-refractivity contribution < 1.29 is 4.79 Å². The second kappa shape index (κ2) is 7.80. The van der Waals surface area contributed by atoms with Crippen molar-refractivity contribution in [3.8, 4) is 0 Å². The van der Waals surface area contributed by atoms with Crippen LogP contribution in [0.5, 0.6) is 0 Å². The molecule has 1 aliphatic rings. The van der Waals surface area contributed by atoms with Crippen molar-refractivity contribution in [2.45, 2.75) is 58.5 Å². The molecule has 1 unspecified atom stereocenters. The van der Waals surface area contributed by atoms with Gasteiger partial charge in [-0.3, -0.25) is 9.69 Å². The predicted octanol–water partition coefficient (Wildman–Crippen LogP) is 1.77. The van der Waals surface area contributed by atoms with Crippen molar-refractivity contribution in [2.75, 3.05) is 19.6 Å². The van der Waals surface area contributed by atoms with Gasteiger partial charge in [-0.15, -0.1) is 0 Å². The molecule has 0 aromatic carbocycles. The lowest BCUT2D eigenvalue weighted by molar-refractivity contribution is -0.138. The number of hydrogen-bond donors (Lipinski definition) is 1. The molecule has 1 saturated heterocycles. The minimum atomic E-state index is -0.0903. The normalized spacial score (nSPS) is 17.8. The summed E-state index contributed by atoms with van der Waals surface area (Å²) in [6.45, 7) is 8.79. The van der Waals surface area contributed by atoms with E-state index >= 15 is 0 Å². The topological polar surface area (TPSA) is 49.6 Å². The monoisotopic (exact) mass is 285 g/mol. The maximum absolute atomic E-state index is 12.5. The van der Waals surface area contributed by atoms with Gasteiger partial charge in [-0.2, -0.15) is 0 Å². The Labute approximate surface area is 122 Å². The Hall–Kier alpha value is -0.680. The van der Waals surface area contributed by atoms with Crippen LogP contribution in [-0.2, 0) is 4.79 Å². The molecule has 1 amide bonds. The van der Waals surface area contributed by atoms with E-state index in [1.54, 1.807) is 0 Å². The highest BCUT2D eigenvalue weighted by atomic mass is 32.1. The quantitative estimate of drug-likeness (QED) is 0.756. The molecule has 1 heterocycles. The standard InChI is InChI=1S/C14H27N3OS/c1-11(2)17(10-7-13(15)19)12(3)14(18)16-8-5-4-6-9-16/h11-12H,4-10H2,1-3H3,(H2,15,19). The van der Waals surface area contributed by atoms with Gasteiger partial charge < -0.3 is 10.6 Å². The summed E-state index contributed by atoms with van der Waals surface area (Å²) in [6, 6.07) is 0.227. The lowest BCUT2D eigenvalue weighted by Crippen LogP contribution is -2.51. The van der Waals surface area contributed by atoms with Crippen molar-refractivity contribution in [1.29, 1.82) is 0 Å². The first-order chi connectivity index (χ1) is 8.93. The number of rotatable bonds is 6. The third-order valence-electron chi connectivity index (χ3n) is 3.80. The molecule has 0 aromatic heterocycles. The lowest BCUT2D eigenvalue weighted by Gasteiger charge is -2.36. The number of carbonyl (C=O) groups is 1. The number of nitrogens with zero attached hydrogens (tertiary/aromatic N) is 2. The molecule has 0 saturated carbocycles. The fourth-order valence-electron chi connectivity index (χ4n) is 2.66. The van der Waals surface area contributed by atoms with Gasteiger partial charge in [-0.25, -0.2) is 0 Å². The molecule has 5 heteroatoms. The molecule has 2 N–H and O–H groups in total. The number of amides is 1. The average molecular weight is 285 g/mol. The molecule has 19 heavy (non-hydrogen) atoms. The molecular formula is C14H27N3OS. The van der Waals surface area contributed by atoms with E-state index in [9.17, 15) is 4.79 Å². The van der Waals surface area contributed by atoms with Gasteiger partial charge in [0.1, 0.15) is 0 Å². The highest BCUT2D eigenvalue weighted by molar-refractivity contribution is 7.80. The maximum Gasteiger partial charge on any atom is 0.239 e. The first-order valence-corrected chi connectivity index (χ1v) is 7.67. The molecule has 1 atom stereocenters. The van der Waals surface area contributed by atoms with E-state index in [0.717, 1.165) is 32.5 Å². The Morgan fingerprint density at radius 1 is 1.26 bits per heavy atom. The number of likely N-dealkylation sites (tertiary alicyclic amines) is 1. The molecule has 1 aliphatic heterocycles. The fourth-order valence-corrected chi connectivity index (χ4v) is 2.75. The van der Waals surface area contributed by atoms with Crippen molar-refractivity contribution in [2.24, 2.45) is 5.73 Å². The Morgan fingerprint density at radius 2 is 1.84 bits per heavy atom. The van der Waals surface area contributed by atoms with Gasteiger partial charge >= 0.3 is 0 Å². The molecule has 1 fully saturated rings. The number of thiocarbonyl (C=S) groups is 1.